The van der Waals surface area contributed by atoms with Gasteiger partial charge in [0.15, 0.2) is 5.96 Å². The van der Waals surface area contributed by atoms with Gasteiger partial charge in [0, 0.05) is 26.7 Å². The molecule has 0 bridgehead atoms. The van der Waals surface area contributed by atoms with Gasteiger partial charge in [-0.15, -0.1) is 24.0 Å². The van der Waals surface area contributed by atoms with Crippen molar-refractivity contribution in [2.75, 3.05) is 32.1 Å². The molecule has 0 aliphatic rings. The van der Waals surface area contributed by atoms with Gasteiger partial charge in [-0.2, -0.15) is 11.8 Å². The Kier molecular flexibility index (Phi) is 12.7. The lowest BCUT2D eigenvalue weighted by atomic mass is 10.2. The molecule has 6 heteroatoms. The molecule has 1 rings (SSSR count). The van der Waals surface area contributed by atoms with E-state index in [9.17, 15) is 4.39 Å². The molecule has 126 valence electrons. The normalized spacial score (nSPS) is 11.0. The zero-order chi connectivity index (χ0) is 15.5. The summed E-state index contributed by atoms with van der Waals surface area (Å²) in [7, 11) is 2.01. The number of nitrogens with zero attached hydrogens (tertiary/aromatic N) is 2. The third-order valence-electron chi connectivity index (χ3n) is 3.05. The van der Waals surface area contributed by atoms with Crippen LogP contribution in [0, 0.1) is 5.82 Å². The minimum absolute atomic E-state index is 0. The summed E-state index contributed by atoms with van der Waals surface area (Å²) in [4.78, 5) is 6.72. The third kappa shape index (κ3) is 8.82. The highest BCUT2D eigenvalue weighted by atomic mass is 127. The topological polar surface area (TPSA) is 27.6 Å². The lowest BCUT2D eigenvalue weighted by Crippen LogP contribution is -2.38. The first-order valence-corrected chi connectivity index (χ1v) is 8.79. The molecule has 0 radical (unpaired) electrons. The molecule has 1 aromatic carbocycles. The van der Waals surface area contributed by atoms with Crippen LogP contribution in [0.3, 0.4) is 0 Å². The number of hydrogen-bond donors (Lipinski definition) is 1. The van der Waals surface area contributed by atoms with Crippen LogP contribution in [0.4, 0.5) is 4.39 Å². The third-order valence-corrected chi connectivity index (χ3v) is 3.74. The van der Waals surface area contributed by atoms with Gasteiger partial charge in [0.2, 0.25) is 0 Å². The van der Waals surface area contributed by atoms with E-state index in [0.717, 1.165) is 37.6 Å². The van der Waals surface area contributed by atoms with E-state index in [0.29, 0.717) is 0 Å². The monoisotopic (exact) mass is 439 g/mol. The van der Waals surface area contributed by atoms with Crippen molar-refractivity contribution in [1.29, 1.82) is 0 Å². The molecule has 22 heavy (non-hydrogen) atoms. The SMILES string of the molecule is CCNC(=NCCCCSC)N(C)Cc1ccc(F)cc1.I. The van der Waals surface area contributed by atoms with Crippen molar-refractivity contribution in [3.05, 3.63) is 35.6 Å². The predicted octanol–water partition coefficient (Wildman–Crippen LogP) is 3.98. The smallest absolute Gasteiger partial charge is 0.193 e. The van der Waals surface area contributed by atoms with Crippen molar-refractivity contribution < 1.29 is 4.39 Å². The van der Waals surface area contributed by atoms with Gasteiger partial charge in [0.05, 0.1) is 0 Å². The summed E-state index contributed by atoms with van der Waals surface area (Å²) in [5.74, 6) is 1.90. The fraction of sp³-hybridized carbons (Fsp3) is 0.562. The van der Waals surface area contributed by atoms with Crippen LogP contribution in [0.25, 0.3) is 0 Å². The Hall–Kier alpha value is -0.500. The van der Waals surface area contributed by atoms with Crippen LogP contribution in [0.15, 0.2) is 29.3 Å². The van der Waals surface area contributed by atoms with Crippen LogP contribution in [0.2, 0.25) is 0 Å². The maximum Gasteiger partial charge on any atom is 0.193 e. The molecule has 0 aromatic heterocycles. The molecule has 0 fully saturated rings. The summed E-state index contributed by atoms with van der Waals surface area (Å²) < 4.78 is 12.9. The van der Waals surface area contributed by atoms with Crippen LogP contribution in [-0.2, 0) is 6.54 Å². The second kappa shape index (κ2) is 13.0. The van der Waals surface area contributed by atoms with Crippen molar-refractivity contribution >= 4 is 41.7 Å². The fourth-order valence-electron chi connectivity index (χ4n) is 1.95. The van der Waals surface area contributed by atoms with Gasteiger partial charge in [0.1, 0.15) is 5.82 Å². The first kappa shape index (κ1) is 21.5. The second-order valence-electron chi connectivity index (χ2n) is 4.92. The first-order chi connectivity index (χ1) is 10.2. The number of halogens is 2. The van der Waals surface area contributed by atoms with Gasteiger partial charge >= 0.3 is 0 Å². The molecule has 1 aromatic rings. The Balaban J connectivity index is 0.00000441. The van der Waals surface area contributed by atoms with Gasteiger partial charge in [-0.25, -0.2) is 4.39 Å². The van der Waals surface area contributed by atoms with Crippen LogP contribution in [0.5, 0.6) is 0 Å². The van der Waals surface area contributed by atoms with E-state index in [2.05, 4.69) is 28.4 Å². The highest BCUT2D eigenvalue weighted by Gasteiger charge is 2.06. The zero-order valence-corrected chi connectivity index (χ0v) is 16.8. The van der Waals surface area contributed by atoms with E-state index in [1.165, 1.54) is 24.3 Å². The number of benzene rings is 1. The molecule has 0 aliphatic heterocycles. The Morgan fingerprint density at radius 3 is 2.55 bits per heavy atom. The number of nitrogens with one attached hydrogen (secondary N) is 1. The average molecular weight is 439 g/mol. The fourth-order valence-corrected chi connectivity index (χ4v) is 2.44. The number of unbranched alkanes of at least 4 members (excludes halogenated alkanes) is 1. The lowest BCUT2D eigenvalue weighted by molar-refractivity contribution is 0.476. The van der Waals surface area contributed by atoms with E-state index < -0.39 is 0 Å². The average Bonchev–Trinajstić information content (AvgIpc) is 2.48. The van der Waals surface area contributed by atoms with Gasteiger partial charge < -0.3 is 10.2 Å². The number of thioether (sulfide) groups is 1. The van der Waals surface area contributed by atoms with Crippen molar-refractivity contribution in [3.8, 4) is 0 Å². The Labute approximate surface area is 155 Å². The van der Waals surface area contributed by atoms with Crippen molar-refractivity contribution in [2.45, 2.75) is 26.3 Å². The minimum atomic E-state index is -0.198. The number of hydrogen-bond acceptors (Lipinski definition) is 2. The number of guanidine groups is 1. The van der Waals surface area contributed by atoms with E-state index in [-0.39, 0.29) is 29.8 Å². The van der Waals surface area contributed by atoms with E-state index in [1.807, 2.05) is 30.9 Å². The lowest BCUT2D eigenvalue weighted by Gasteiger charge is -2.22. The van der Waals surface area contributed by atoms with Gasteiger partial charge in [0.25, 0.3) is 0 Å². The van der Waals surface area contributed by atoms with Crippen molar-refractivity contribution in [3.63, 3.8) is 0 Å². The summed E-state index contributed by atoms with van der Waals surface area (Å²) in [5, 5.41) is 3.30. The van der Waals surface area contributed by atoms with Crippen LogP contribution in [-0.4, -0.2) is 43.0 Å². The second-order valence-corrected chi connectivity index (χ2v) is 5.90. The molecular weight excluding hydrogens is 412 g/mol. The molecule has 1 N–H and O–H groups in total. The molecule has 3 nitrogen and oxygen atoms in total. The summed E-state index contributed by atoms with van der Waals surface area (Å²) in [5.41, 5.74) is 1.08. The highest BCUT2D eigenvalue weighted by molar-refractivity contribution is 14.0. The molecule has 0 heterocycles. The maximum absolute atomic E-state index is 12.9. The molecule has 0 aliphatic carbocycles. The largest absolute Gasteiger partial charge is 0.357 e. The summed E-state index contributed by atoms with van der Waals surface area (Å²) >= 11 is 1.87. The van der Waals surface area contributed by atoms with Crippen LogP contribution in [0.1, 0.15) is 25.3 Å². The van der Waals surface area contributed by atoms with Crippen LogP contribution >= 0.6 is 35.7 Å². The van der Waals surface area contributed by atoms with Gasteiger partial charge in [-0.05, 0) is 49.5 Å². The maximum atomic E-state index is 12.9. The molecule has 0 saturated heterocycles. The Morgan fingerprint density at radius 1 is 1.27 bits per heavy atom. The summed E-state index contributed by atoms with van der Waals surface area (Å²) in [6, 6.07) is 6.62. The molecular formula is C16H27FIN3S. The Bertz CT molecular complexity index is 426. The summed E-state index contributed by atoms with van der Waals surface area (Å²) in [6.45, 7) is 4.47. The van der Waals surface area contributed by atoms with Crippen LogP contribution < -0.4 is 5.32 Å². The molecule has 0 unspecified atom stereocenters. The van der Waals surface area contributed by atoms with Gasteiger partial charge in [-0.1, -0.05) is 12.1 Å². The highest BCUT2D eigenvalue weighted by Crippen LogP contribution is 2.06. The van der Waals surface area contributed by atoms with E-state index >= 15 is 0 Å². The Morgan fingerprint density at radius 2 is 1.95 bits per heavy atom. The van der Waals surface area contributed by atoms with Crippen molar-refractivity contribution in [1.82, 2.24) is 10.2 Å². The molecule has 0 spiro atoms. The molecule has 0 atom stereocenters. The predicted molar refractivity (Wildman–Crippen MR) is 107 cm³/mol. The van der Waals surface area contributed by atoms with Gasteiger partial charge in [-0.3, -0.25) is 4.99 Å². The zero-order valence-electron chi connectivity index (χ0n) is 13.6. The minimum Gasteiger partial charge on any atom is -0.357 e. The summed E-state index contributed by atoms with van der Waals surface area (Å²) in [6.07, 6.45) is 4.44. The quantitative estimate of drug-likeness (QED) is 0.287. The van der Waals surface area contributed by atoms with E-state index in [1.54, 1.807) is 0 Å². The molecule has 0 amide bonds. The standard InChI is InChI=1S/C16H26FN3S.HI/c1-4-18-16(19-11-5-6-12-21-3)20(2)13-14-7-9-15(17)10-8-14;/h7-10H,4-6,11-13H2,1-3H3,(H,18,19);1H. The molecule has 0 saturated carbocycles. The van der Waals surface area contributed by atoms with E-state index in [4.69, 9.17) is 0 Å². The van der Waals surface area contributed by atoms with Crippen molar-refractivity contribution in [2.24, 2.45) is 4.99 Å². The number of aliphatic imine (C=N–C) groups is 1. The number of rotatable bonds is 8. The first-order valence-electron chi connectivity index (χ1n) is 7.40.